The molecule has 1 aliphatic heterocycles. The van der Waals surface area contributed by atoms with Gasteiger partial charge in [-0.1, -0.05) is 46.4 Å². The van der Waals surface area contributed by atoms with Gasteiger partial charge in [-0.05, 0) is 23.2 Å². The van der Waals surface area contributed by atoms with E-state index in [1.54, 1.807) is 0 Å². The fourth-order valence-corrected chi connectivity index (χ4v) is 1.35. The summed E-state index contributed by atoms with van der Waals surface area (Å²) in [5.41, 5.74) is 0. The molecule has 0 unspecified atom stereocenters. The van der Waals surface area contributed by atoms with Crippen LogP contribution >= 0.6 is 69.6 Å². The van der Waals surface area contributed by atoms with Crippen LogP contribution in [0.2, 0.25) is 0 Å². The molecule has 0 radical (unpaired) electrons. The maximum absolute atomic E-state index is 5.50. The largest absolute Gasteiger partial charge is 0.436 e. The van der Waals surface area contributed by atoms with E-state index >= 15 is 0 Å². The van der Waals surface area contributed by atoms with Crippen molar-refractivity contribution < 1.29 is 9.47 Å². The Morgan fingerprint density at radius 2 is 1.00 bits per heavy atom. The smallest absolute Gasteiger partial charge is 0.329 e. The van der Waals surface area contributed by atoms with Crippen molar-refractivity contribution in [2.75, 3.05) is 0 Å². The minimum atomic E-state index is -1.99. The molecule has 0 spiro atoms. The van der Waals surface area contributed by atoms with Crippen LogP contribution in [0.3, 0.4) is 0 Å². The van der Waals surface area contributed by atoms with Crippen LogP contribution in [0.4, 0.5) is 0 Å². The van der Waals surface area contributed by atoms with E-state index in [1.165, 1.54) is 0 Å². The molecule has 0 atom stereocenters. The molecule has 0 amide bonds. The molecule has 1 aliphatic rings. The highest BCUT2D eigenvalue weighted by atomic mass is 35.5. The van der Waals surface area contributed by atoms with Crippen molar-refractivity contribution in [2.45, 2.75) is 9.04 Å². The molecular formula is C4Cl6O2. The van der Waals surface area contributed by atoms with E-state index in [0.29, 0.717) is 0 Å². The van der Waals surface area contributed by atoms with Crippen LogP contribution in [0.25, 0.3) is 0 Å². The normalized spacial score (nSPS) is 26.2. The Morgan fingerprint density at radius 3 is 1.25 bits per heavy atom. The van der Waals surface area contributed by atoms with Gasteiger partial charge >= 0.3 is 9.04 Å². The predicted molar refractivity (Wildman–Crippen MR) is 49.8 cm³/mol. The van der Waals surface area contributed by atoms with E-state index in [9.17, 15) is 0 Å². The minimum absolute atomic E-state index is 0.307. The third-order valence-corrected chi connectivity index (χ3v) is 3.28. The van der Waals surface area contributed by atoms with Crippen LogP contribution in [-0.2, 0) is 9.47 Å². The van der Waals surface area contributed by atoms with Gasteiger partial charge in [0.05, 0.1) is 0 Å². The molecule has 2 nitrogen and oxygen atoms in total. The van der Waals surface area contributed by atoms with Crippen LogP contribution in [-0.4, -0.2) is 9.04 Å². The summed E-state index contributed by atoms with van der Waals surface area (Å²) in [5, 5.41) is -0.614. The Bertz CT molecular complexity index is 210. The lowest BCUT2D eigenvalue weighted by molar-refractivity contribution is -0.00753. The molecule has 0 aliphatic carbocycles. The summed E-state index contributed by atoms with van der Waals surface area (Å²) in [5.74, 6) is 0. The standard InChI is InChI=1S/C4Cl6O2/c5-1-2(6)12-4(9,10)3(7,8)11-1. The topological polar surface area (TPSA) is 18.5 Å². The summed E-state index contributed by atoms with van der Waals surface area (Å²) in [6, 6.07) is 0. The fraction of sp³-hybridized carbons (Fsp3) is 0.500. The van der Waals surface area contributed by atoms with Gasteiger partial charge in [0.15, 0.2) is 0 Å². The summed E-state index contributed by atoms with van der Waals surface area (Å²) < 4.78 is 5.32. The Balaban J connectivity index is 3.00. The first-order chi connectivity index (χ1) is 5.26. The number of ether oxygens (including phenoxy) is 2. The van der Waals surface area contributed by atoms with Crippen LogP contribution in [0.15, 0.2) is 10.4 Å². The number of halogens is 6. The SMILES string of the molecule is ClC1=C(Cl)OC(Cl)(Cl)C(Cl)(Cl)O1. The maximum Gasteiger partial charge on any atom is 0.329 e. The molecule has 0 saturated heterocycles. The van der Waals surface area contributed by atoms with Crippen molar-refractivity contribution >= 4 is 69.6 Å². The van der Waals surface area contributed by atoms with E-state index in [2.05, 4.69) is 9.47 Å². The molecule has 0 aromatic carbocycles. The highest BCUT2D eigenvalue weighted by Crippen LogP contribution is 2.51. The van der Waals surface area contributed by atoms with Gasteiger partial charge in [0.1, 0.15) is 0 Å². The lowest BCUT2D eigenvalue weighted by Gasteiger charge is -2.35. The van der Waals surface area contributed by atoms with E-state index < -0.39 is 9.04 Å². The van der Waals surface area contributed by atoms with E-state index in [0.717, 1.165) is 0 Å². The second kappa shape index (κ2) is 3.34. The zero-order valence-corrected chi connectivity index (χ0v) is 9.62. The monoisotopic (exact) mass is 290 g/mol. The number of rotatable bonds is 0. The van der Waals surface area contributed by atoms with Crippen molar-refractivity contribution in [1.29, 1.82) is 0 Å². The number of hydrogen-bond acceptors (Lipinski definition) is 2. The van der Waals surface area contributed by atoms with Crippen LogP contribution in [0, 0.1) is 0 Å². The van der Waals surface area contributed by atoms with Gasteiger partial charge in [-0.15, -0.1) is 0 Å². The molecule has 8 heteroatoms. The number of hydrogen-bond donors (Lipinski definition) is 0. The predicted octanol–water partition coefficient (Wildman–Crippen LogP) is 3.90. The molecule has 70 valence electrons. The highest BCUT2D eigenvalue weighted by molar-refractivity contribution is 6.61. The quantitative estimate of drug-likeness (QED) is 0.631. The maximum atomic E-state index is 5.50. The molecule has 0 fully saturated rings. The van der Waals surface area contributed by atoms with Gasteiger partial charge in [-0.3, -0.25) is 0 Å². The summed E-state index contributed by atoms with van der Waals surface area (Å²) >= 11 is 32.8. The molecule has 1 rings (SSSR count). The Morgan fingerprint density at radius 1 is 0.750 bits per heavy atom. The van der Waals surface area contributed by atoms with Crippen molar-refractivity contribution in [3.05, 3.63) is 10.4 Å². The van der Waals surface area contributed by atoms with Gasteiger partial charge in [0.2, 0.25) is 10.4 Å². The lowest BCUT2D eigenvalue weighted by Crippen LogP contribution is -2.43. The molecule has 0 N–H and O–H groups in total. The van der Waals surface area contributed by atoms with Crippen molar-refractivity contribution in [2.24, 2.45) is 0 Å². The highest BCUT2D eigenvalue weighted by Gasteiger charge is 2.56. The average Bonchev–Trinajstić information content (AvgIpc) is 1.82. The molecule has 0 aromatic heterocycles. The van der Waals surface area contributed by atoms with E-state index in [1.807, 2.05) is 0 Å². The lowest BCUT2D eigenvalue weighted by atomic mass is 10.7. The van der Waals surface area contributed by atoms with E-state index in [-0.39, 0.29) is 10.4 Å². The summed E-state index contributed by atoms with van der Waals surface area (Å²) in [6.07, 6.45) is 0. The van der Waals surface area contributed by atoms with Gasteiger partial charge in [0.25, 0.3) is 0 Å². The third kappa shape index (κ3) is 1.94. The Hall–Kier alpha value is 1.08. The van der Waals surface area contributed by atoms with Crippen LogP contribution < -0.4 is 0 Å². The van der Waals surface area contributed by atoms with Crippen molar-refractivity contribution in [3.63, 3.8) is 0 Å². The zero-order chi connectivity index (χ0) is 9.57. The Kier molecular flexibility index (Phi) is 3.10. The summed E-state index contributed by atoms with van der Waals surface area (Å²) in [7, 11) is 0. The first-order valence-electron chi connectivity index (χ1n) is 2.45. The van der Waals surface area contributed by atoms with Gasteiger partial charge in [-0.2, -0.15) is 0 Å². The summed E-state index contributed by atoms with van der Waals surface area (Å²) in [4.78, 5) is 0. The van der Waals surface area contributed by atoms with E-state index in [4.69, 9.17) is 69.6 Å². The van der Waals surface area contributed by atoms with Gasteiger partial charge in [0, 0.05) is 0 Å². The second-order valence-electron chi connectivity index (χ2n) is 1.79. The molecule has 0 bridgehead atoms. The first-order valence-corrected chi connectivity index (χ1v) is 4.72. The van der Waals surface area contributed by atoms with Gasteiger partial charge in [-0.25, -0.2) is 0 Å². The van der Waals surface area contributed by atoms with Crippen LogP contribution in [0.1, 0.15) is 0 Å². The molecular weight excluding hydrogens is 293 g/mol. The molecule has 1 heterocycles. The zero-order valence-electron chi connectivity index (χ0n) is 5.08. The number of alkyl halides is 4. The Labute approximate surface area is 98.2 Å². The average molecular weight is 293 g/mol. The van der Waals surface area contributed by atoms with Crippen molar-refractivity contribution in [3.8, 4) is 0 Å². The van der Waals surface area contributed by atoms with Crippen molar-refractivity contribution in [1.82, 2.24) is 0 Å². The molecule has 0 saturated carbocycles. The third-order valence-electron chi connectivity index (χ3n) is 0.929. The second-order valence-corrected chi connectivity index (χ2v) is 4.99. The molecule has 12 heavy (non-hydrogen) atoms. The van der Waals surface area contributed by atoms with Gasteiger partial charge < -0.3 is 9.47 Å². The fourth-order valence-electron chi connectivity index (χ4n) is 0.424. The minimum Gasteiger partial charge on any atom is -0.436 e. The van der Waals surface area contributed by atoms with Crippen LogP contribution in [0.5, 0.6) is 0 Å². The summed E-state index contributed by atoms with van der Waals surface area (Å²) in [6.45, 7) is 0. The first kappa shape index (κ1) is 11.2. The molecule has 0 aromatic rings.